The molecule has 1 saturated carbocycles. The summed E-state index contributed by atoms with van der Waals surface area (Å²) in [5, 5.41) is 3.70. The molecule has 3 atom stereocenters. The molecule has 176 valence electrons. The van der Waals surface area contributed by atoms with Crippen molar-refractivity contribution in [2.24, 2.45) is 11.8 Å². The normalized spacial score (nSPS) is 23.6. The zero-order valence-corrected chi connectivity index (χ0v) is 17.5. The van der Waals surface area contributed by atoms with E-state index in [4.69, 9.17) is 4.74 Å². The van der Waals surface area contributed by atoms with Crippen LogP contribution in [-0.2, 0) is 18.9 Å². The van der Waals surface area contributed by atoms with Gasteiger partial charge in [-0.05, 0) is 31.4 Å². The monoisotopic (exact) mass is 462 g/mol. The summed E-state index contributed by atoms with van der Waals surface area (Å²) in [5.41, 5.74) is -1.77. The van der Waals surface area contributed by atoms with E-state index >= 15 is 0 Å². The molecule has 0 N–H and O–H groups in total. The van der Waals surface area contributed by atoms with Crippen molar-refractivity contribution in [3.05, 3.63) is 35.7 Å². The number of alkyl halides is 6. The van der Waals surface area contributed by atoms with Gasteiger partial charge in [0, 0.05) is 43.7 Å². The Morgan fingerprint density at radius 1 is 1.03 bits per heavy atom. The van der Waals surface area contributed by atoms with Crippen molar-refractivity contribution in [3.63, 3.8) is 0 Å². The summed E-state index contributed by atoms with van der Waals surface area (Å²) in [4.78, 5) is 5.91. The predicted molar refractivity (Wildman–Crippen MR) is 104 cm³/mol. The number of pyridine rings is 1. The van der Waals surface area contributed by atoms with Crippen molar-refractivity contribution in [1.29, 1.82) is 0 Å². The maximum atomic E-state index is 13.2. The van der Waals surface area contributed by atoms with Crippen LogP contribution < -0.4 is 9.64 Å². The Bertz CT molecular complexity index is 910. The zero-order valence-electron chi connectivity index (χ0n) is 17.5. The lowest BCUT2D eigenvalue weighted by Gasteiger charge is -2.38. The van der Waals surface area contributed by atoms with E-state index in [9.17, 15) is 26.3 Å². The first-order valence-corrected chi connectivity index (χ1v) is 10.7. The van der Waals surface area contributed by atoms with Crippen LogP contribution in [0.2, 0.25) is 0 Å². The number of nitrogens with zero attached hydrogens (tertiary/aromatic N) is 4. The predicted octanol–water partition coefficient (Wildman–Crippen LogP) is 5.41. The van der Waals surface area contributed by atoms with Gasteiger partial charge >= 0.3 is 12.4 Å². The van der Waals surface area contributed by atoms with E-state index in [1.54, 1.807) is 0 Å². The first-order valence-electron chi connectivity index (χ1n) is 10.7. The number of rotatable bonds is 6. The Balaban J connectivity index is 1.48. The molecule has 2 bridgehead atoms. The number of unbranched alkanes of at least 4 members (excludes halogenated alkanes) is 1. The van der Waals surface area contributed by atoms with E-state index < -0.39 is 23.6 Å². The maximum absolute atomic E-state index is 13.2. The first kappa shape index (κ1) is 22.7. The topological polar surface area (TPSA) is 43.2 Å². The van der Waals surface area contributed by atoms with E-state index in [0.717, 1.165) is 37.6 Å². The summed E-state index contributed by atoms with van der Waals surface area (Å²) in [6.45, 7) is 3.33. The SMILES string of the molecule is CCCCn1nc(C(F)(F)F)cc1O[C@@H]1[C@@H]2CC[C@H]1CN(c1ccc(C(F)(F)F)cn1)C2. The molecule has 0 amide bonds. The number of hydrogen-bond acceptors (Lipinski definition) is 4. The summed E-state index contributed by atoms with van der Waals surface area (Å²) in [5.74, 6) is 0.665. The molecule has 2 aliphatic rings. The molecular weight excluding hydrogens is 438 g/mol. The Kier molecular flexibility index (Phi) is 6.02. The van der Waals surface area contributed by atoms with Gasteiger partial charge in [-0.1, -0.05) is 13.3 Å². The highest BCUT2D eigenvalue weighted by atomic mass is 19.4. The van der Waals surface area contributed by atoms with Crippen LogP contribution in [0, 0.1) is 11.8 Å². The molecule has 0 aromatic carbocycles. The molecule has 2 aromatic rings. The Hall–Kier alpha value is -2.46. The molecule has 11 heteroatoms. The van der Waals surface area contributed by atoms with Gasteiger partial charge in [-0.2, -0.15) is 31.4 Å². The van der Waals surface area contributed by atoms with Gasteiger partial charge in [-0.3, -0.25) is 0 Å². The lowest BCUT2D eigenvalue weighted by molar-refractivity contribution is -0.141. The fourth-order valence-corrected chi connectivity index (χ4v) is 4.53. The average Bonchev–Trinajstić information content (AvgIpc) is 3.23. The van der Waals surface area contributed by atoms with Crippen LogP contribution in [0.4, 0.5) is 32.2 Å². The molecule has 4 rings (SSSR count). The smallest absolute Gasteiger partial charge is 0.435 e. The maximum Gasteiger partial charge on any atom is 0.435 e. The van der Waals surface area contributed by atoms with Gasteiger partial charge in [-0.15, -0.1) is 0 Å². The molecule has 0 spiro atoms. The molecule has 2 aromatic heterocycles. The van der Waals surface area contributed by atoms with Gasteiger partial charge < -0.3 is 9.64 Å². The second-order valence-electron chi connectivity index (χ2n) is 8.43. The van der Waals surface area contributed by atoms with Crippen molar-refractivity contribution in [1.82, 2.24) is 14.8 Å². The third kappa shape index (κ3) is 4.66. The Morgan fingerprint density at radius 2 is 1.72 bits per heavy atom. The molecule has 1 aliphatic carbocycles. The quantitative estimate of drug-likeness (QED) is 0.539. The highest BCUT2D eigenvalue weighted by Gasteiger charge is 2.45. The second kappa shape index (κ2) is 8.47. The first-order chi connectivity index (χ1) is 15.1. The molecule has 2 fully saturated rings. The van der Waals surface area contributed by atoms with E-state index in [0.29, 0.717) is 31.9 Å². The lowest BCUT2D eigenvalue weighted by Crippen LogP contribution is -2.47. The molecular formula is C21H24F6N4O. The fourth-order valence-electron chi connectivity index (χ4n) is 4.53. The fraction of sp³-hybridized carbons (Fsp3) is 0.619. The van der Waals surface area contributed by atoms with Crippen molar-refractivity contribution in [2.75, 3.05) is 18.0 Å². The van der Waals surface area contributed by atoms with Crippen LogP contribution >= 0.6 is 0 Å². The summed E-state index contributed by atoms with van der Waals surface area (Å²) in [7, 11) is 0. The number of halogens is 6. The summed E-state index contributed by atoms with van der Waals surface area (Å²) in [6.07, 6.45) is -5.27. The summed E-state index contributed by atoms with van der Waals surface area (Å²) in [6, 6.07) is 3.33. The van der Waals surface area contributed by atoms with Crippen molar-refractivity contribution < 1.29 is 31.1 Å². The number of fused-ring (bicyclic) bond motifs is 2. The highest BCUT2D eigenvalue weighted by molar-refractivity contribution is 5.41. The molecule has 3 heterocycles. The van der Waals surface area contributed by atoms with Gasteiger partial charge in [0.1, 0.15) is 11.9 Å². The second-order valence-corrected chi connectivity index (χ2v) is 8.43. The van der Waals surface area contributed by atoms with Crippen LogP contribution in [0.1, 0.15) is 43.9 Å². The van der Waals surface area contributed by atoms with Crippen molar-refractivity contribution in [2.45, 2.75) is 57.6 Å². The van der Waals surface area contributed by atoms with Crippen LogP contribution in [0.25, 0.3) is 0 Å². The standard InChI is InChI=1S/C21H24F6N4O/c1-2-3-8-31-18(9-16(29-31)21(25,26)27)32-19-13-4-5-14(19)12-30(11-13)17-7-6-15(10-28-17)20(22,23)24/h6-7,9-10,13-14,19H,2-5,8,11-12H2,1H3/t13-,14+,19-. The minimum atomic E-state index is -4.55. The lowest BCUT2D eigenvalue weighted by atomic mass is 9.94. The van der Waals surface area contributed by atoms with E-state index in [1.807, 2.05) is 11.8 Å². The number of hydrogen-bond donors (Lipinski definition) is 0. The molecule has 0 unspecified atom stereocenters. The number of anilines is 1. The number of piperidine rings is 1. The Morgan fingerprint density at radius 3 is 2.25 bits per heavy atom. The van der Waals surface area contributed by atoms with E-state index in [1.165, 1.54) is 10.7 Å². The van der Waals surface area contributed by atoms with Crippen molar-refractivity contribution in [3.8, 4) is 5.88 Å². The molecule has 5 nitrogen and oxygen atoms in total. The molecule has 1 saturated heterocycles. The van der Waals surface area contributed by atoms with Gasteiger partial charge in [0.15, 0.2) is 5.69 Å². The average molecular weight is 462 g/mol. The van der Waals surface area contributed by atoms with Crippen molar-refractivity contribution >= 4 is 5.82 Å². The molecule has 0 radical (unpaired) electrons. The minimum absolute atomic E-state index is 0.0432. The van der Waals surface area contributed by atoms with E-state index in [2.05, 4.69) is 10.1 Å². The third-order valence-corrected chi connectivity index (χ3v) is 6.16. The number of ether oxygens (including phenoxy) is 1. The largest absolute Gasteiger partial charge is 0.474 e. The zero-order chi connectivity index (χ0) is 23.1. The minimum Gasteiger partial charge on any atom is -0.474 e. The summed E-state index contributed by atoms with van der Waals surface area (Å²) >= 11 is 0. The van der Waals surface area contributed by atoms with Gasteiger partial charge in [0.05, 0.1) is 5.56 Å². The summed E-state index contributed by atoms with van der Waals surface area (Å²) < 4.78 is 85.3. The third-order valence-electron chi connectivity index (χ3n) is 6.16. The van der Waals surface area contributed by atoms with Crippen LogP contribution in [0.3, 0.4) is 0 Å². The van der Waals surface area contributed by atoms with E-state index in [-0.39, 0.29) is 23.8 Å². The van der Waals surface area contributed by atoms with Gasteiger partial charge in [0.25, 0.3) is 0 Å². The van der Waals surface area contributed by atoms with Gasteiger partial charge in [0.2, 0.25) is 5.88 Å². The molecule has 1 aliphatic heterocycles. The number of aryl methyl sites for hydroxylation is 1. The van der Waals surface area contributed by atoms with Gasteiger partial charge in [-0.25, -0.2) is 9.67 Å². The Labute approximate surface area is 181 Å². The number of aromatic nitrogens is 3. The van der Waals surface area contributed by atoms with Crippen LogP contribution in [0.15, 0.2) is 24.4 Å². The van der Waals surface area contributed by atoms with Crippen LogP contribution in [-0.4, -0.2) is 34.0 Å². The molecule has 32 heavy (non-hydrogen) atoms. The van der Waals surface area contributed by atoms with Crippen LogP contribution in [0.5, 0.6) is 5.88 Å². The highest BCUT2D eigenvalue weighted by Crippen LogP contribution is 2.41.